The van der Waals surface area contributed by atoms with Gasteiger partial charge in [-0.2, -0.15) is 0 Å². The molecule has 21 heavy (non-hydrogen) atoms. The van der Waals surface area contributed by atoms with Gasteiger partial charge in [0, 0.05) is 30.9 Å². The standard InChI is InChI=1S/C17H25N3O/c1-13(2)19-11-12-20(17(19)21)15-8-6-14(7-9-15)16-5-3-4-10-18-16/h6-9,13,16,18H,3-5,10-12H2,1-2H3. The van der Waals surface area contributed by atoms with Crippen molar-refractivity contribution in [2.45, 2.75) is 45.2 Å². The molecule has 1 N–H and O–H groups in total. The number of benzene rings is 1. The SMILES string of the molecule is CC(C)N1CCN(c2ccc(C3CCCCN3)cc2)C1=O. The number of carbonyl (C=O) groups is 1. The number of hydrogen-bond donors (Lipinski definition) is 1. The van der Waals surface area contributed by atoms with E-state index in [2.05, 4.69) is 43.4 Å². The Morgan fingerprint density at radius 1 is 1.14 bits per heavy atom. The molecule has 2 aliphatic heterocycles. The summed E-state index contributed by atoms with van der Waals surface area (Å²) in [7, 11) is 0. The van der Waals surface area contributed by atoms with Crippen molar-refractivity contribution < 1.29 is 4.79 Å². The molecule has 1 atom stereocenters. The van der Waals surface area contributed by atoms with Crippen molar-refractivity contribution >= 4 is 11.7 Å². The van der Waals surface area contributed by atoms with E-state index in [1.54, 1.807) is 0 Å². The molecular weight excluding hydrogens is 262 g/mol. The van der Waals surface area contributed by atoms with Crippen LogP contribution in [0.2, 0.25) is 0 Å². The largest absolute Gasteiger partial charge is 0.324 e. The van der Waals surface area contributed by atoms with Crippen LogP contribution in [0.3, 0.4) is 0 Å². The fraction of sp³-hybridized carbons (Fsp3) is 0.588. The summed E-state index contributed by atoms with van der Waals surface area (Å²) in [6, 6.07) is 9.41. The van der Waals surface area contributed by atoms with Crippen LogP contribution in [-0.2, 0) is 0 Å². The van der Waals surface area contributed by atoms with Crippen LogP contribution in [0.4, 0.5) is 10.5 Å². The summed E-state index contributed by atoms with van der Waals surface area (Å²) in [6.45, 7) is 6.86. The minimum atomic E-state index is 0.133. The van der Waals surface area contributed by atoms with Gasteiger partial charge in [0.25, 0.3) is 0 Å². The van der Waals surface area contributed by atoms with Crippen molar-refractivity contribution in [1.82, 2.24) is 10.2 Å². The number of piperidine rings is 1. The minimum Gasteiger partial charge on any atom is -0.320 e. The maximum Gasteiger partial charge on any atom is 0.324 e. The predicted octanol–water partition coefficient (Wildman–Crippen LogP) is 3.15. The van der Waals surface area contributed by atoms with Crippen LogP contribution >= 0.6 is 0 Å². The summed E-state index contributed by atoms with van der Waals surface area (Å²) in [5.41, 5.74) is 2.36. The van der Waals surface area contributed by atoms with Gasteiger partial charge in [0.2, 0.25) is 0 Å². The van der Waals surface area contributed by atoms with E-state index < -0.39 is 0 Å². The molecule has 2 fully saturated rings. The van der Waals surface area contributed by atoms with E-state index in [1.807, 2.05) is 9.80 Å². The van der Waals surface area contributed by atoms with Crippen LogP contribution in [-0.4, -0.2) is 36.6 Å². The summed E-state index contributed by atoms with van der Waals surface area (Å²) in [5.74, 6) is 0. The molecular formula is C17H25N3O. The molecule has 1 aromatic rings. The molecule has 0 saturated carbocycles. The monoisotopic (exact) mass is 287 g/mol. The third-order valence-electron chi connectivity index (χ3n) is 4.58. The highest BCUT2D eigenvalue weighted by Gasteiger charge is 2.31. The van der Waals surface area contributed by atoms with Gasteiger partial charge in [0.1, 0.15) is 0 Å². The molecule has 0 bridgehead atoms. The molecule has 2 saturated heterocycles. The van der Waals surface area contributed by atoms with E-state index >= 15 is 0 Å². The summed E-state index contributed by atoms with van der Waals surface area (Å²) >= 11 is 0. The number of nitrogens with zero attached hydrogens (tertiary/aromatic N) is 2. The third-order valence-corrected chi connectivity index (χ3v) is 4.58. The molecule has 1 aromatic carbocycles. The first-order valence-electron chi connectivity index (χ1n) is 8.08. The number of anilines is 1. The highest BCUT2D eigenvalue weighted by Crippen LogP contribution is 2.27. The van der Waals surface area contributed by atoms with Crippen molar-refractivity contribution in [2.75, 3.05) is 24.5 Å². The topological polar surface area (TPSA) is 35.6 Å². The van der Waals surface area contributed by atoms with Crippen LogP contribution in [0.5, 0.6) is 0 Å². The number of hydrogen-bond acceptors (Lipinski definition) is 2. The second kappa shape index (κ2) is 6.06. The molecule has 4 nitrogen and oxygen atoms in total. The van der Waals surface area contributed by atoms with Crippen molar-refractivity contribution in [2.24, 2.45) is 0 Å². The summed E-state index contributed by atoms with van der Waals surface area (Å²) in [6.07, 6.45) is 3.79. The third kappa shape index (κ3) is 2.91. The van der Waals surface area contributed by atoms with E-state index in [1.165, 1.54) is 24.8 Å². The Kier molecular flexibility index (Phi) is 4.15. The summed E-state index contributed by atoms with van der Waals surface area (Å²) < 4.78 is 0. The zero-order valence-corrected chi connectivity index (χ0v) is 13.0. The lowest BCUT2D eigenvalue weighted by atomic mass is 9.97. The zero-order valence-electron chi connectivity index (χ0n) is 13.0. The van der Waals surface area contributed by atoms with E-state index in [0.29, 0.717) is 6.04 Å². The van der Waals surface area contributed by atoms with Gasteiger partial charge in [-0.1, -0.05) is 18.6 Å². The predicted molar refractivity (Wildman–Crippen MR) is 85.6 cm³/mol. The first kappa shape index (κ1) is 14.4. The van der Waals surface area contributed by atoms with E-state index in [0.717, 1.165) is 25.3 Å². The molecule has 2 amide bonds. The Balaban J connectivity index is 1.71. The lowest BCUT2D eigenvalue weighted by Gasteiger charge is -2.25. The van der Waals surface area contributed by atoms with E-state index in [4.69, 9.17) is 0 Å². The fourth-order valence-electron chi connectivity index (χ4n) is 3.30. The fourth-order valence-corrected chi connectivity index (χ4v) is 3.30. The second-order valence-electron chi connectivity index (χ2n) is 6.32. The molecule has 3 rings (SSSR count). The first-order chi connectivity index (χ1) is 10.2. The number of rotatable bonds is 3. The second-order valence-corrected chi connectivity index (χ2v) is 6.32. The van der Waals surface area contributed by atoms with Gasteiger partial charge in [-0.25, -0.2) is 4.79 Å². The van der Waals surface area contributed by atoms with Gasteiger partial charge < -0.3 is 10.2 Å². The minimum absolute atomic E-state index is 0.133. The van der Waals surface area contributed by atoms with Crippen molar-refractivity contribution in [3.05, 3.63) is 29.8 Å². The van der Waals surface area contributed by atoms with E-state index in [-0.39, 0.29) is 12.1 Å². The number of urea groups is 1. The Morgan fingerprint density at radius 2 is 1.90 bits per heavy atom. The Labute approximate surface area is 127 Å². The average molecular weight is 287 g/mol. The molecule has 0 aromatic heterocycles. The van der Waals surface area contributed by atoms with Crippen molar-refractivity contribution in [3.8, 4) is 0 Å². The Bertz CT molecular complexity index is 491. The number of nitrogens with one attached hydrogen (secondary N) is 1. The van der Waals surface area contributed by atoms with Gasteiger partial charge in [-0.15, -0.1) is 0 Å². The molecule has 0 spiro atoms. The highest BCUT2D eigenvalue weighted by atomic mass is 16.2. The Hall–Kier alpha value is -1.55. The molecule has 4 heteroatoms. The van der Waals surface area contributed by atoms with Gasteiger partial charge in [-0.05, 0) is 50.9 Å². The number of amides is 2. The molecule has 0 aliphatic carbocycles. The van der Waals surface area contributed by atoms with Gasteiger partial charge in [0.15, 0.2) is 0 Å². The number of carbonyl (C=O) groups excluding carboxylic acids is 1. The molecule has 1 unspecified atom stereocenters. The van der Waals surface area contributed by atoms with Crippen LogP contribution in [0.1, 0.15) is 44.7 Å². The molecule has 2 aliphatic rings. The van der Waals surface area contributed by atoms with Crippen LogP contribution in [0.15, 0.2) is 24.3 Å². The van der Waals surface area contributed by atoms with Crippen LogP contribution in [0, 0.1) is 0 Å². The van der Waals surface area contributed by atoms with Crippen molar-refractivity contribution in [3.63, 3.8) is 0 Å². The van der Waals surface area contributed by atoms with Gasteiger partial charge >= 0.3 is 6.03 Å². The van der Waals surface area contributed by atoms with Gasteiger partial charge in [0.05, 0.1) is 0 Å². The lowest BCUT2D eigenvalue weighted by Crippen LogP contribution is -2.36. The molecule has 2 heterocycles. The van der Waals surface area contributed by atoms with E-state index in [9.17, 15) is 4.79 Å². The maximum atomic E-state index is 12.4. The normalized spacial score (nSPS) is 23.2. The quantitative estimate of drug-likeness (QED) is 0.927. The smallest absolute Gasteiger partial charge is 0.320 e. The molecule has 114 valence electrons. The summed E-state index contributed by atoms with van der Waals surface area (Å²) in [4.78, 5) is 16.2. The highest BCUT2D eigenvalue weighted by molar-refractivity contribution is 5.94. The average Bonchev–Trinajstić information content (AvgIpc) is 2.90. The van der Waals surface area contributed by atoms with Gasteiger partial charge in [-0.3, -0.25) is 4.90 Å². The first-order valence-corrected chi connectivity index (χ1v) is 8.08. The Morgan fingerprint density at radius 3 is 2.48 bits per heavy atom. The van der Waals surface area contributed by atoms with Crippen LogP contribution < -0.4 is 10.2 Å². The molecule has 0 radical (unpaired) electrons. The van der Waals surface area contributed by atoms with Crippen molar-refractivity contribution in [1.29, 1.82) is 0 Å². The zero-order chi connectivity index (χ0) is 14.8. The maximum absolute atomic E-state index is 12.4. The summed E-state index contributed by atoms with van der Waals surface area (Å²) in [5, 5.41) is 3.57. The van der Waals surface area contributed by atoms with Crippen LogP contribution in [0.25, 0.3) is 0 Å². The lowest BCUT2D eigenvalue weighted by molar-refractivity contribution is 0.209.